The number of hydrogen-bond donors (Lipinski definition) is 0. The van der Waals surface area contributed by atoms with E-state index < -0.39 is 0 Å². The Morgan fingerprint density at radius 3 is 0.800 bits per heavy atom. The molecule has 0 aliphatic rings. The molecule has 0 nitrogen and oxygen atoms in total. The molecule has 0 bridgehead atoms. The average molecular weight is 214 g/mol. The van der Waals surface area contributed by atoms with E-state index >= 15 is 0 Å². The molecule has 0 unspecified atom stereocenters. The van der Waals surface area contributed by atoms with E-state index in [1.54, 1.807) is 0 Å². The van der Waals surface area contributed by atoms with Gasteiger partial charge in [-0.1, -0.05) is 98.3 Å². The van der Waals surface area contributed by atoms with Gasteiger partial charge in [0.1, 0.15) is 0 Å². The molecule has 0 aliphatic carbocycles. The monoisotopic (exact) mass is 214 g/mol. The van der Waals surface area contributed by atoms with Gasteiger partial charge in [-0.05, 0) is 0 Å². The first-order valence-corrected chi connectivity index (χ1v) is 7.33. The fourth-order valence-corrected chi connectivity index (χ4v) is 1.38. The maximum atomic E-state index is 2.27. The predicted molar refractivity (Wildman–Crippen MR) is 73.5 cm³/mol. The second-order valence-corrected chi connectivity index (χ2v) is 4.47. The summed E-state index contributed by atoms with van der Waals surface area (Å²) < 4.78 is 0. The minimum absolute atomic E-state index is 1.32. The van der Waals surface area contributed by atoms with Crippen molar-refractivity contribution in [3.8, 4) is 0 Å². The standard InChI is InChI=1S/C11H24.C4H10/c1-3-5-7-9-11-10-8-6-4-2;1-3-4-2/h3-11H2,1-2H3;3-4H2,1-2H3. The van der Waals surface area contributed by atoms with Gasteiger partial charge >= 0.3 is 0 Å². The molecule has 0 aromatic heterocycles. The summed E-state index contributed by atoms with van der Waals surface area (Å²) in [6.45, 7) is 8.91. The SMILES string of the molecule is CCCC.CCCCCCCCCCC. The van der Waals surface area contributed by atoms with Crippen LogP contribution in [-0.4, -0.2) is 0 Å². The zero-order valence-electron chi connectivity index (χ0n) is 11.8. The highest BCUT2D eigenvalue weighted by Crippen LogP contribution is 2.08. The minimum atomic E-state index is 1.32. The first kappa shape index (κ1) is 17.4. The van der Waals surface area contributed by atoms with Crippen LogP contribution in [0.15, 0.2) is 0 Å². The molecule has 0 aromatic rings. The molecule has 0 fully saturated rings. The van der Waals surface area contributed by atoms with Crippen LogP contribution in [0.2, 0.25) is 0 Å². The third kappa shape index (κ3) is 24.9. The Kier molecular flexibility index (Phi) is 22.7. The molecule has 0 N–H and O–H groups in total. The average Bonchev–Trinajstić information content (AvgIpc) is 2.28. The molecule has 0 radical (unpaired) electrons. The third-order valence-corrected chi connectivity index (χ3v) is 2.71. The molecular weight excluding hydrogens is 180 g/mol. The summed E-state index contributed by atoms with van der Waals surface area (Å²) in [5, 5.41) is 0. The van der Waals surface area contributed by atoms with Gasteiger partial charge in [0.2, 0.25) is 0 Å². The van der Waals surface area contributed by atoms with E-state index in [0.717, 1.165) is 0 Å². The Hall–Kier alpha value is 0. The molecule has 94 valence electrons. The van der Waals surface area contributed by atoms with E-state index in [-0.39, 0.29) is 0 Å². The molecule has 15 heavy (non-hydrogen) atoms. The third-order valence-electron chi connectivity index (χ3n) is 2.71. The van der Waals surface area contributed by atoms with Gasteiger partial charge in [0.15, 0.2) is 0 Å². The Bertz CT molecular complexity index is 66.1. The summed E-state index contributed by atoms with van der Waals surface area (Å²) in [6.07, 6.45) is 15.6. The van der Waals surface area contributed by atoms with Crippen molar-refractivity contribution < 1.29 is 0 Å². The molecule has 0 heterocycles. The summed E-state index contributed by atoms with van der Waals surface area (Å²) in [4.78, 5) is 0. The van der Waals surface area contributed by atoms with Gasteiger partial charge in [-0.2, -0.15) is 0 Å². The maximum Gasteiger partial charge on any atom is -0.0533 e. The van der Waals surface area contributed by atoms with E-state index in [2.05, 4.69) is 27.7 Å². The highest BCUT2D eigenvalue weighted by Gasteiger charge is 1.88. The maximum absolute atomic E-state index is 2.27. The van der Waals surface area contributed by atoms with Crippen LogP contribution in [-0.2, 0) is 0 Å². The second-order valence-electron chi connectivity index (χ2n) is 4.47. The lowest BCUT2D eigenvalue weighted by Crippen LogP contribution is -1.79. The van der Waals surface area contributed by atoms with Gasteiger partial charge < -0.3 is 0 Å². The summed E-state index contributed by atoms with van der Waals surface area (Å²) in [7, 11) is 0. The van der Waals surface area contributed by atoms with Crippen molar-refractivity contribution in [2.24, 2.45) is 0 Å². The molecule has 0 atom stereocenters. The number of rotatable bonds is 9. The highest BCUT2D eigenvalue weighted by molar-refractivity contribution is 4.44. The van der Waals surface area contributed by atoms with E-state index in [4.69, 9.17) is 0 Å². The molecule has 0 spiro atoms. The zero-order chi connectivity index (χ0) is 11.8. The Morgan fingerprint density at radius 1 is 0.333 bits per heavy atom. The van der Waals surface area contributed by atoms with Crippen LogP contribution in [0, 0.1) is 0 Å². The van der Waals surface area contributed by atoms with Crippen LogP contribution in [0.1, 0.15) is 98.3 Å². The van der Waals surface area contributed by atoms with Crippen molar-refractivity contribution in [2.75, 3.05) is 0 Å². The number of unbranched alkanes of at least 4 members (excludes halogenated alkanes) is 9. The summed E-state index contributed by atoms with van der Waals surface area (Å²) in [5.74, 6) is 0. The largest absolute Gasteiger partial charge is 0.0654 e. The summed E-state index contributed by atoms with van der Waals surface area (Å²) in [6, 6.07) is 0. The molecule has 0 saturated carbocycles. The number of hydrogen-bond acceptors (Lipinski definition) is 0. The van der Waals surface area contributed by atoms with Crippen LogP contribution in [0.5, 0.6) is 0 Å². The predicted octanol–water partition coefficient (Wildman–Crippen LogP) is 6.34. The van der Waals surface area contributed by atoms with Crippen molar-refractivity contribution in [3.63, 3.8) is 0 Å². The molecular formula is C15H34. The smallest absolute Gasteiger partial charge is 0.0533 e. The first-order chi connectivity index (χ1) is 7.33. The second kappa shape index (κ2) is 19.6. The Morgan fingerprint density at radius 2 is 0.600 bits per heavy atom. The fourth-order valence-electron chi connectivity index (χ4n) is 1.38. The quantitative estimate of drug-likeness (QED) is 0.393. The molecule has 0 aromatic carbocycles. The Labute approximate surface area is 98.9 Å². The molecule has 0 saturated heterocycles. The van der Waals surface area contributed by atoms with Crippen LogP contribution in [0.3, 0.4) is 0 Å². The van der Waals surface area contributed by atoms with Crippen molar-refractivity contribution in [2.45, 2.75) is 98.3 Å². The topological polar surface area (TPSA) is 0 Å². The molecule has 0 rings (SSSR count). The van der Waals surface area contributed by atoms with E-state index in [9.17, 15) is 0 Å². The summed E-state index contributed by atoms with van der Waals surface area (Å²) in [5.41, 5.74) is 0. The van der Waals surface area contributed by atoms with Crippen molar-refractivity contribution >= 4 is 0 Å². The van der Waals surface area contributed by atoms with E-state index in [1.807, 2.05) is 0 Å². The summed E-state index contributed by atoms with van der Waals surface area (Å²) >= 11 is 0. The van der Waals surface area contributed by atoms with Crippen LogP contribution in [0.4, 0.5) is 0 Å². The lowest BCUT2D eigenvalue weighted by Gasteiger charge is -1.98. The van der Waals surface area contributed by atoms with Gasteiger partial charge in [0.05, 0.1) is 0 Å². The van der Waals surface area contributed by atoms with Crippen LogP contribution >= 0.6 is 0 Å². The van der Waals surface area contributed by atoms with Gasteiger partial charge in [0, 0.05) is 0 Å². The Balaban J connectivity index is 0. The van der Waals surface area contributed by atoms with Crippen molar-refractivity contribution in [3.05, 3.63) is 0 Å². The zero-order valence-corrected chi connectivity index (χ0v) is 11.8. The van der Waals surface area contributed by atoms with Crippen LogP contribution < -0.4 is 0 Å². The minimum Gasteiger partial charge on any atom is -0.0654 e. The molecule has 0 amide bonds. The van der Waals surface area contributed by atoms with Crippen molar-refractivity contribution in [1.29, 1.82) is 0 Å². The first-order valence-electron chi connectivity index (χ1n) is 7.33. The van der Waals surface area contributed by atoms with Gasteiger partial charge in [-0.25, -0.2) is 0 Å². The molecule has 0 aliphatic heterocycles. The van der Waals surface area contributed by atoms with Crippen molar-refractivity contribution in [1.82, 2.24) is 0 Å². The lowest BCUT2D eigenvalue weighted by atomic mass is 10.1. The van der Waals surface area contributed by atoms with Gasteiger partial charge in [-0.3, -0.25) is 0 Å². The van der Waals surface area contributed by atoms with E-state index in [0.29, 0.717) is 0 Å². The highest BCUT2D eigenvalue weighted by atomic mass is 13.9. The molecule has 0 heteroatoms. The lowest BCUT2D eigenvalue weighted by molar-refractivity contribution is 0.572. The van der Waals surface area contributed by atoms with E-state index in [1.165, 1.54) is 70.6 Å². The normalized spacial score (nSPS) is 9.60. The van der Waals surface area contributed by atoms with Crippen LogP contribution in [0.25, 0.3) is 0 Å². The van der Waals surface area contributed by atoms with Gasteiger partial charge in [0.25, 0.3) is 0 Å². The fraction of sp³-hybridized carbons (Fsp3) is 1.00. The van der Waals surface area contributed by atoms with Gasteiger partial charge in [-0.15, -0.1) is 0 Å².